The van der Waals surface area contributed by atoms with Gasteiger partial charge in [0.15, 0.2) is 11.6 Å². The van der Waals surface area contributed by atoms with Crippen LogP contribution in [0.5, 0.6) is 5.75 Å². The van der Waals surface area contributed by atoms with Crippen LogP contribution in [0.1, 0.15) is 5.56 Å². The molecule has 0 unspecified atom stereocenters. The van der Waals surface area contributed by atoms with E-state index in [0.717, 1.165) is 17.3 Å². The molecule has 0 aliphatic carbocycles. The first-order valence-electron chi connectivity index (χ1n) is 9.59. The number of rotatable bonds is 3. The Hall–Kier alpha value is -3.79. The van der Waals surface area contributed by atoms with Gasteiger partial charge in [0.2, 0.25) is 0 Å². The molecule has 1 aromatic carbocycles. The minimum absolute atomic E-state index is 0.102. The topological polar surface area (TPSA) is 81.3 Å². The van der Waals surface area contributed by atoms with Crippen LogP contribution in [0.2, 0.25) is 0 Å². The summed E-state index contributed by atoms with van der Waals surface area (Å²) >= 11 is 0. The number of hydrogen-bond donors (Lipinski definition) is 0. The van der Waals surface area contributed by atoms with Crippen molar-refractivity contribution in [2.75, 3.05) is 27.7 Å². The lowest BCUT2D eigenvalue weighted by Gasteiger charge is -2.19. The highest BCUT2D eigenvalue weighted by Gasteiger charge is 2.23. The second kappa shape index (κ2) is 6.88. The van der Waals surface area contributed by atoms with Crippen molar-refractivity contribution >= 4 is 27.5 Å². The van der Waals surface area contributed by atoms with Gasteiger partial charge in [0.05, 0.1) is 36.1 Å². The number of ether oxygens (including phenoxy) is 1. The molecule has 0 saturated heterocycles. The van der Waals surface area contributed by atoms with Gasteiger partial charge in [-0.3, -0.25) is 9.55 Å². The van der Waals surface area contributed by atoms with Gasteiger partial charge in [0, 0.05) is 50.9 Å². The van der Waals surface area contributed by atoms with Crippen LogP contribution in [0.3, 0.4) is 0 Å². The summed E-state index contributed by atoms with van der Waals surface area (Å²) in [6, 6.07) is 3.78. The van der Waals surface area contributed by atoms with Crippen LogP contribution in [0.15, 0.2) is 41.8 Å². The van der Waals surface area contributed by atoms with E-state index in [2.05, 4.69) is 20.0 Å². The summed E-state index contributed by atoms with van der Waals surface area (Å²) in [7, 11) is 7.19. The molecule has 0 spiro atoms. The third kappa shape index (κ3) is 2.79. The number of benzene rings is 1. The number of imidazole rings is 1. The Morgan fingerprint density at radius 1 is 1.13 bits per heavy atom. The minimum atomic E-state index is -0.683. The van der Waals surface area contributed by atoms with E-state index in [9.17, 15) is 9.18 Å². The lowest BCUT2D eigenvalue weighted by molar-refractivity contribution is 0.118. The number of halogens is 1. The molecule has 9 nitrogen and oxygen atoms in total. The maximum absolute atomic E-state index is 14.6. The molecule has 5 rings (SSSR count). The normalized spacial score (nSPS) is 14.6. The molecule has 31 heavy (non-hydrogen) atoms. The molecule has 0 amide bonds. The van der Waals surface area contributed by atoms with Crippen LogP contribution < -0.4 is 10.4 Å². The molecule has 0 atom stereocenters. The first kappa shape index (κ1) is 19.2. The maximum Gasteiger partial charge on any atom is 0.334 e. The summed E-state index contributed by atoms with van der Waals surface area (Å²) in [4.78, 5) is 25.3. The molecule has 0 N–H and O–H groups in total. The highest BCUT2D eigenvalue weighted by atomic mass is 19.1. The first-order valence-corrected chi connectivity index (χ1v) is 9.59. The average Bonchev–Trinajstić information content (AvgIpc) is 3.23. The molecule has 0 fully saturated rings. The second-order valence-corrected chi connectivity index (χ2v) is 7.48. The Balaban J connectivity index is 1.89. The molecule has 0 saturated carbocycles. The Labute approximate surface area is 176 Å². The fraction of sp³-hybridized carbons (Fsp3) is 0.238. The van der Waals surface area contributed by atoms with E-state index < -0.39 is 11.5 Å². The first-order chi connectivity index (χ1) is 14.9. The van der Waals surface area contributed by atoms with Crippen molar-refractivity contribution in [2.24, 2.45) is 7.05 Å². The highest BCUT2D eigenvalue weighted by Crippen LogP contribution is 2.36. The van der Waals surface area contributed by atoms with Gasteiger partial charge < -0.3 is 9.75 Å². The predicted octanol–water partition coefficient (Wildman–Crippen LogP) is 1.95. The van der Waals surface area contributed by atoms with E-state index in [1.54, 1.807) is 20.4 Å². The fourth-order valence-corrected chi connectivity index (χ4v) is 3.99. The van der Waals surface area contributed by atoms with Crippen LogP contribution >= 0.6 is 0 Å². The number of likely N-dealkylation sites (N-methyl/N-ethyl adjacent to an activating group) is 1. The van der Waals surface area contributed by atoms with Gasteiger partial charge in [0.25, 0.3) is 0 Å². The fourth-order valence-electron chi connectivity index (χ4n) is 3.99. The minimum Gasteiger partial charge on any atom is -0.496 e. The number of pyridine rings is 1. The molecule has 1 aliphatic rings. The van der Waals surface area contributed by atoms with E-state index in [1.807, 2.05) is 37.4 Å². The molecular weight excluding hydrogens is 401 g/mol. The molecule has 4 heterocycles. The van der Waals surface area contributed by atoms with Crippen molar-refractivity contribution in [1.29, 1.82) is 0 Å². The van der Waals surface area contributed by atoms with E-state index in [1.165, 1.54) is 15.5 Å². The van der Waals surface area contributed by atoms with E-state index in [4.69, 9.17) is 4.74 Å². The monoisotopic (exact) mass is 421 g/mol. The summed E-state index contributed by atoms with van der Waals surface area (Å²) in [6.45, 7) is 0.698. The number of nitrogens with zero attached hydrogens (tertiary/aromatic N) is 7. The predicted molar refractivity (Wildman–Crippen MR) is 114 cm³/mol. The lowest BCUT2D eigenvalue weighted by Crippen LogP contribution is -2.27. The van der Waals surface area contributed by atoms with Crippen molar-refractivity contribution in [2.45, 2.75) is 0 Å². The summed E-state index contributed by atoms with van der Waals surface area (Å²) in [5.74, 6) is -0.111. The number of aryl methyl sites for hydroxylation is 1. The largest absolute Gasteiger partial charge is 0.496 e. The van der Waals surface area contributed by atoms with Gasteiger partial charge in [-0.05, 0) is 11.6 Å². The number of methoxy groups -OCH3 is 1. The van der Waals surface area contributed by atoms with Gasteiger partial charge in [-0.1, -0.05) is 0 Å². The van der Waals surface area contributed by atoms with E-state index in [-0.39, 0.29) is 5.82 Å². The van der Waals surface area contributed by atoms with E-state index >= 15 is 0 Å². The number of fused-ring (bicyclic) bond motifs is 3. The van der Waals surface area contributed by atoms with Crippen LogP contribution in [0.25, 0.3) is 33.3 Å². The lowest BCUT2D eigenvalue weighted by atomic mass is 10.0. The number of aromatic nitrogens is 5. The van der Waals surface area contributed by atoms with Crippen LogP contribution in [-0.4, -0.2) is 61.9 Å². The smallest absolute Gasteiger partial charge is 0.334 e. The molecule has 3 aromatic heterocycles. The SMILES string of the molecule is COc1cc2ncc3c(c2cc1C1=CN(C)N(C)C1)n(-c1ncncc1F)c(=O)n3C. The van der Waals surface area contributed by atoms with Crippen LogP contribution in [0.4, 0.5) is 4.39 Å². The standard InChI is InChI=1S/C21H20FN7O2/c1-26-9-12(10-27(26)2)13-5-14-16(6-18(13)31-4)24-8-17-19(14)29(21(30)28(17)3)20-15(22)7-23-11-25-20/h5-9,11H,10H2,1-4H3. The van der Waals surface area contributed by atoms with Crippen molar-refractivity contribution < 1.29 is 9.13 Å². The second-order valence-electron chi connectivity index (χ2n) is 7.48. The van der Waals surface area contributed by atoms with Crippen LogP contribution in [0, 0.1) is 5.82 Å². The van der Waals surface area contributed by atoms with Crippen LogP contribution in [-0.2, 0) is 7.05 Å². The third-order valence-electron chi connectivity index (χ3n) is 5.69. The Morgan fingerprint density at radius 3 is 2.61 bits per heavy atom. The van der Waals surface area contributed by atoms with Gasteiger partial charge >= 0.3 is 5.69 Å². The zero-order valence-electron chi connectivity index (χ0n) is 17.5. The molecule has 158 valence electrons. The zero-order valence-corrected chi connectivity index (χ0v) is 17.5. The van der Waals surface area contributed by atoms with Gasteiger partial charge in [0.1, 0.15) is 12.1 Å². The van der Waals surface area contributed by atoms with Gasteiger partial charge in [-0.25, -0.2) is 28.7 Å². The molecular formula is C21H20FN7O2. The summed E-state index contributed by atoms with van der Waals surface area (Å²) < 4.78 is 22.9. The average molecular weight is 421 g/mol. The molecule has 10 heteroatoms. The number of hydrazine groups is 1. The maximum atomic E-state index is 14.6. The zero-order chi connectivity index (χ0) is 21.9. The summed E-state index contributed by atoms with van der Waals surface area (Å²) in [6.07, 6.45) is 5.89. The molecule has 1 aliphatic heterocycles. The van der Waals surface area contributed by atoms with Crippen molar-refractivity contribution in [3.05, 3.63) is 58.9 Å². The number of hydrogen-bond acceptors (Lipinski definition) is 7. The van der Waals surface area contributed by atoms with Gasteiger partial charge in [-0.15, -0.1) is 0 Å². The Morgan fingerprint density at radius 2 is 1.94 bits per heavy atom. The quantitative estimate of drug-likeness (QED) is 0.500. The molecule has 0 radical (unpaired) electrons. The van der Waals surface area contributed by atoms with E-state index in [0.29, 0.717) is 34.2 Å². The third-order valence-corrected chi connectivity index (χ3v) is 5.69. The van der Waals surface area contributed by atoms with Gasteiger partial charge in [-0.2, -0.15) is 0 Å². The van der Waals surface area contributed by atoms with Crippen molar-refractivity contribution in [1.82, 2.24) is 34.1 Å². The summed E-state index contributed by atoms with van der Waals surface area (Å²) in [5.41, 5.74) is 3.24. The van der Waals surface area contributed by atoms with Crippen molar-refractivity contribution in [3.8, 4) is 11.6 Å². The Bertz CT molecular complexity index is 1440. The summed E-state index contributed by atoms with van der Waals surface area (Å²) in [5, 5.41) is 4.75. The van der Waals surface area contributed by atoms with Crippen molar-refractivity contribution in [3.63, 3.8) is 0 Å². The molecule has 4 aromatic rings. The highest BCUT2D eigenvalue weighted by molar-refractivity contribution is 6.05. The Kier molecular flexibility index (Phi) is 4.26. The molecule has 0 bridgehead atoms.